The van der Waals surface area contributed by atoms with E-state index >= 15 is 0 Å². The minimum Gasteiger partial charge on any atom is -0.372 e. The number of hydrogen-bond acceptors (Lipinski definition) is 6. The number of aromatic amines is 1. The Balaban J connectivity index is 1.63. The van der Waals surface area contributed by atoms with E-state index in [0.717, 1.165) is 35.9 Å². The van der Waals surface area contributed by atoms with E-state index in [1.165, 1.54) is 6.92 Å². The quantitative estimate of drug-likeness (QED) is 0.359. The molecule has 0 aliphatic carbocycles. The minimum absolute atomic E-state index is 0.168. The van der Waals surface area contributed by atoms with Crippen LogP contribution in [-0.2, 0) is 4.79 Å². The SMILES string of the molecule is CC(=O)Nc1cc(Nc2ncc(F)c(-c3c[nH]c4ccccc34)n2)ccc1N(C)CCN(C)C. The van der Waals surface area contributed by atoms with Crippen LogP contribution < -0.4 is 15.5 Å². The van der Waals surface area contributed by atoms with Crippen molar-refractivity contribution >= 4 is 39.8 Å². The Bertz CT molecular complexity index is 1320. The fourth-order valence-corrected chi connectivity index (χ4v) is 3.72. The number of nitrogens with zero attached hydrogens (tertiary/aromatic N) is 4. The molecule has 0 saturated heterocycles. The van der Waals surface area contributed by atoms with E-state index < -0.39 is 5.82 Å². The average Bonchev–Trinajstić information content (AvgIpc) is 3.22. The van der Waals surface area contributed by atoms with Gasteiger partial charge in [0.15, 0.2) is 5.82 Å². The zero-order valence-corrected chi connectivity index (χ0v) is 19.7. The molecule has 0 saturated carbocycles. The third-order valence-corrected chi connectivity index (χ3v) is 5.45. The minimum atomic E-state index is -0.507. The van der Waals surface area contributed by atoms with Gasteiger partial charge in [-0.3, -0.25) is 4.79 Å². The van der Waals surface area contributed by atoms with E-state index in [1.54, 1.807) is 6.20 Å². The summed E-state index contributed by atoms with van der Waals surface area (Å²) in [4.78, 5) is 27.7. The molecule has 34 heavy (non-hydrogen) atoms. The van der Waals surface area contributed by atoms with Crippen molar-refractivity contribution < 1.29 is 9.18 Å². The summed E-state index contributed by atoms with van der Waals surface area (Å²) in [5.41, 5.74) is 4.00. The lowest BCUT2D eigenvalue weighted by Gasteiger charge is -2.24. The highest BCUT2D eigenvalue weighted by atomic mass is 19.1. The number of amides is 1. The number of para-hydroxylation sites is 1. The van der Waals surface area contributed by atoms with Gasteiger partial charge in [0.25, 0.3) is 0 Å². The van der Waals surface area contributed by atoms with Crippen molar-refractivity contribution in [2.45, 2.75) is 6.92 Å². The Hall–Kier alpha value is -3.98. The van der Waals surface area contributed by atoms with Gasteiger partial charge >= 0.3 is 0 Å². The summed E-state index contributed by atoms with van der Waals surface area (Å²) in [5.74, 6) is -0.421. The first-order valence-corrected chi connectivity index (χ1v) is 11.0. The van der Waals surface area contributed by atoms with E-state index in [1.807, 2.05) is 63.6 Å². The van der Waals surface area contributed by atoms with Crippen molar-refractivity contribution in [1.29, 1.82) is 0 Å². The molecule has 3 N–H and O–H groups in total. The molecule has 0 bridgehead atoms. The molecule has 4 rings (SSSR count). The molecule has 0 unspecified atom stereocenters. The molecular formula is C25H28FN7O. The molecular weight excluding hydrogens is 433 g/mol. The van der Waals surface area contributed by atoms with Crippen LogP contribution in [0, 0.1) is 5.82 Å². The summed E-state index contributed by atoms with van der Waals surface area (Å²) in [6, 6.07) is 13.3. The summed E-state index contributed by atoms with van der Waals surface area (Å²) >= 11 is 0. The molecule has 0 aliphatic rings. The molecule has 1 amide bonds. The Labute approximate surface area is 197 Å². The molecule has 9 heteroatoms. The summed E-state index contributed by atoms with van der Waals surface area (Å²) in [6.07, 6.45) is 2.90. The van der Waals surface area contributed by atoms with Gasteiger partial charge in [0, 0.05) is 55.4 Å². The van der Waals surface area contributed by atoms with Gasteiger partial charge in [0.1, 0.15) is 5.69 Å². The highest BCUT2D eigenvalue weighted by molar-refractivity contribution is 5.95. The van der Waals surface area contributed by atoms with Gasteiger partial charge in [-0.05, 0) is 38.4 Å². The third-order valence-electron chi connectivity index (χ3n) is 5.45. The highest BCUT2D eigenvalue weighted by Crippen LogP contribution is 2.32. The van der Waals surface area contributed by atoms with Crippen molar-refractivity contribution in [3.8, 4) is 11.3 Å². The molecule has 0 radical (unpaired) electrons. The number of nitrogens with one attached hydrogen (secondary N) is 3. The van der Waals surface area contributed by atoms with Gasteiger partial charge in [0.2, 0.25) is 11.9 Å². The summed E-state index contributed by atoms with van der Waals surface area (Å²) < 4.78 is 14.7. The predicted octanol–water partition coefficient (Wildman–Crippen LogP) is 4.46. The fourth-order valence-electron chi connectivity index (χ4n) is 3.72. The Morgan fingerprint density at radius 3 is 2.68 bits per heavy atom. The van der Waals surface area contributed by atoms with Gasteiger partial charge in [-0.2, -0.15) is 0 Å². The Kier molecular flexibility index (Phi) is 6.74. The molecule has 176 valence electrons. The van der Waals surface area contributed by atoms with E-state index in [0.29, 0.717) is 16.9 Å². The largest absolute Gasteiger partial charge is 0.372 e. The topological polar surface area (TPSA) is 89.2 Å². The molecule has 8 nitrogen and oxygen atoms in total. The first-order chi connectivity index (χ1) is 16.3. The molecule has 0 fully saturated rings. The second kappa shape index (κ2) is 9.88. The van der Waals surface area contributed by atoms with Crippen molar-refractivity contribution in [2.75, 3.05) is 49.8 Å². The number of H-pyrrole nitrogens is 1. The molecule has 0 aliphatic heterocycles. The number of hydrogen-bond donors (Lipinski definition) is 3. The van der Waals surface area contributed by atoms with E-state index in [9.17, 15) is 9.18 Å². The number of carbonyl (C=O) groups is 1. The van der Waals surface area contributed by atoms with Gasteiger partial charge < -0.3 is 25.4 Å². The number of likely N-dealkylation sites (N-methyl/N-ethyl adjacent to an activating group) is 2. The van der Waals surface area contributed by atoms with Crippen LogP contribution in [0.1, 0.15) is 6.92 Å². The van der Waals surface area contributed by atoms with Crippen LogP contribution in [0.3, 0.4) is 0 Å². The summed E-state index contributed by atoms with van der Waals surface area (Å²) in [5, 5.41) is 6.91. The monoisotopic (exact) mass is 461 g/mol. The maximum Gasteiger partial charge on any atom is 0.227 e. The average molecular weight is 462 g/mol. The predicted molar refractivity (Wildman–Crippen MR) is 135 cm³/mol. The molecule has 0 spiro atoms. The number of fused-ring (bicyclic) bond motifs is 1. The van der Waals surface area contributed by atoms with Crippen LogP contribution in [0.4, 0.5) is 27.4 Å². The smallest absolute Gasteiger partial charge is 0.227 e. The molecule has 0 atom stereocenters. The van der Waals surface area contributed by atoms with Crippen molar-refractivity contribution in [2.24, 2.45) is 0 Å². The molecule has 2 aromatic heterocycles. The number of anilines is 4. The number of halogens is 1. The number of carbonyl (C=O) groups excluding carboxylic acids is 1. The van der Waals surface area contributed by atoms with Gasteiger partial charge in [0.05, 0.1) is 17.6 Å². The summed E-state index contributed by atoms with van der Waals surface area (Å²) in [6.45, 7) is 3.14. The third kappa shape index (κ3) is 5.15. The van der Waals surface area contributed by atoms with E-state index in [4.69, 9.17) is 0 Å². The zero-order valence-electron chi connectivity index (χ0n) is 19.7. The van der Waals surface area contributed by atoms with Crippen molar-refractivity contribution in [1.82, 2.24) is 19.9 Å². The number of aromatic nitrogens is 3. The molecule has 2 aromatic carbocycles. The van der Waals surface area contributed by atoms with E-state index in [-0.39, 0.29) is 17.5 Å². The maximum atomic E-state index is 14.7. The van der Waals surface area contributed by atoms with Crippen molar-refractivity contribution in [3.63, 3.8) is 0 Å². The Morgan fingerprint density at radius 2 is 1.91 bits per heavy atom. The van der Waals surface area contributed by atoms with Crippen LogP contribution in [0.15, 0.2) is 54.9 Å². The number of benzene rings is 2. The fraction of sp³-hybridized carbons (Fsp3) is 0.240. The van der Waals surface area contributed by atoms with Crippen LogP contribution >= 0.6 is 0 Å². The lowest BCUT2D eigenvalue weighted by atomic mass is 10.1. The standard InChI is InChI=1S/C25H28FN7O/c1-16(34)29-22-13-17(9-10-23(22)33(4)12-11-32(2)3)30-25-28-15-20(26)24(31-25)19-14-27-21-8-6-5-7-18(19)21/h5-10,13-15,27H,11-12H2,1-4H3,(H,29,34)(H,28,30,31). The first-order valence-electron chi connectivity index (χ1n) is 11.0. The number of rotatable bonds is 8. The first kappa shape index (κ1) is 23.2. The van der Waals surface area contributed by atoms with Crippen LogP contribution in [0.25, 0.3) is 22.2 Å². The second-order valence-corrected chi connectivity index (χ2v) is 8.40. The van der Waals surface area contributed by atoms with Gasteiger partial charge in [-0.1, -0.05) is 18.2 Å². The second-order valence-electron chi connectivity index (χ2n) is 8.40. The van der Waals surface area contributed by atoms with Crippen LogP contribution in [0.5, 0.6) is 0 Å². The highest BCUT2D eigenvalue weighted by Gasteiger charge is 2.15. The van der Waals surface area contributed by atoms with Gasteiger partial charge in [-0.15, -0.1) is 0 Å². The Morgan fingerprint density at radius 1 is 1.12 bits per heavy atom. The van der Waals surface area contributed by atoms with Crippen molar-refractivity contribution in [3.05, 3.63) is 60.7 Å². The maximum absolute atomic E-state index is 14.7. The lowest BCUT2D eigenvalue weighted by Crippen LogP contribution is -2.29. The molecule has 4 aromatic rings. The van der Waals surface area contributed by atoms with E-state index in [2.05, 4.69) is 35.4 Å². The molecule has 2 heterocycles. The normalized spacial score (nSPS) is 11.1. The lowest BCUT2D eigenvalue weighted by molar-refractivity contribution is -0.114. The van der Waals surface area contributed by atoms with Crippen LogP contribution in [0.2, 0.25) is 0 Å². The summed E-state index contributed by atoms with van der Waals surface area (Å²) in [7, 11) is 6.01. The van der Waals surface area contributed by atoms with Crippen LogP contribution in [-0.4, -0.2) is 60.0 Å². The zero-order chi connectivity index (χ0) is 24.2. The van der Waals surface area contributed by atoms with Gasteiger partial charge in [-0.25, -0.2) is 14.4 Å².